The molecule has 0 unspecified atom stereocenters. The molecule has 90 valence electrons. The number of thioether (sulfide) groups is 1. The van der Waals surface area contributed by atoms with Crippen molar-refractivity contribution >= 4 is 17.6 Å². The summed E-state index contributed by atoms with van der Waals surface area (Å²) in [6.07, 6.45) is 4.14. The topological polar surface area (TPSA) is 47.0 Å². The molecule has 0 radical (unpaired) electrons. The molecule has 0 atom stereocenters. The van der Waals surface area contributed by atoms with Gasteiger partial charge in [-0.25, -0.2) is 4.98 Å². The molecule has 5 heteroatoms. The van der Waals surface area contributed by atoms with E-state index in [9.17, 15) is 0 Å². The number of nitrogens with one attached hydrogen (secondary N) is 1. The highest BCUT2D eigenvalue weighted by Gasteiger charge is 2.04. The molecule has 0 fully saturated rings. The summed E-state index contributed by atoms with van der Waals surface area (Å²) in [6.45, 7) is 5.74. The Hall–Kier alpha value is -0.970. The average molecular weight is 241 g/mol. The van der Waals surface area contributed by atoms with Crippen LogP contribution < -0.4 is 10.1 Å². The lowest BCUT2D eigenvalue weighted by atomic mass is 10.4. The van der Waals surface area contributed by atoms with E-state index in [0.29, 0.717) is 12.5 Å². The maximum atomic E-state index is 5.57. The second-order valence-corrected chi connectivity index (χ2v) is 4.08. The van der Waals surface area contributed by atoms with E-state index in [0.717, 1.165) is 30.4 Å². The van der Waals surface area contributed by atoms with E-state index in [2.05, 4.69) is 22.2 Å². The number of hydrogen-bond acceptors (Lipinski definition) is 5. The van der Waals surface area contributed by atoms with E-state index in [1.807, 2.05) is 19.2 Å². The molecule has 1 heterocycles. The standard InChI is InChI=1S/C11H19N3OS/c1-4-6-7-15-10-8-9(12-5-2)13-11(14-10)16-3/h8H,4-7H2,1-3H3,(H,12,13,14). The third kappa shape index (κ3) is 4.26. The smallest absolute Gasteiger partial charge is 0.219 e. The summed E-state index contributed by atoms with van der Waals surface area (Å²) in [5, 5.41) is 3.91. The molecule has 0 aromatic carbocycles. The predicted molar refractivity (Wildman–Crippen MR) is 68.4 cm³/mol. The van der Waals surface area contributed by atoms with Crippen LogP contribution >= 0.6 is 11.8 Å². The molecule has 1 N–H and O–H groups in total. The lowest BCUT2D eigenvalue weighted by Gasteiger charge is -2.08. The lowest BCUT2D eigenvalue weighted by Crippen LogP contribution is -2.04. The molecule has 1 rings (SSSR count). The number of unbranched alkanes of at least 4 members (excludes halogenated alkanes) is 1. The summed E-state index contributed by atoms with van der Waals surface area (Å²) in [5.74, 6) is 1.48. The predicted octanol–water partition coefficient (Wildman–Crippen LogP) is 2.81. The average Bonchev–Trinajstić information content (AvgIpc) is 2.29. The highest BCUT2D eigenvalue weighted by atomic mass is 32.2. The van der Waals surface area contributed by atoms with Crippen molar-refractivity contribution < 1.29 is 4.74 Å². The molecule has 0 saturated carbocycles. The summed E-state index contributed by atoms with van der Waals surface area (Å²) < 4.78 is 5.57. The number of hydrogen-bond donors (Lipinski definition) is 1. The van der Waals surface area contributed by atoms with Gasteiger partial charge in [0.05, 0.1) is 6.61 Å². The molecule has 1 aromatic heterocycles. The van der Waals surface area contributed by atoms with Gasteiger partial charge in [-0.15, -0.1) is 0 Å². The number of nitrogens with zero attached hydrogens (tertiary/aromatic N) is 2. The summed E-state index contributed by atoms with van der Waals surface area (Å²) in [5.41, 5.74) is 0. The van der Waals surface area contributed by atoms with Crippen molar-refractivity contribution in [3.8, 4) is 5.88 Å². The second kappa shape index (κ2) is 7.33. The van der Waals surface area contributed by atoms with E-state index < -0.39 is 0 Å². The molecule has 0 aliphatic carbocycles. The molecule has 0 bridgehead atoms. The number of anilines is 1. The van der Waals surface area contributed by atoms with Crippen LogP contribution in [-0.4, -0.2) is 29.4 Å². The van der Waals surface area contributed by atoms with Gasteiger partial charge < -0.3 is 10.1 Å². The molecule has 0 amide bonds. The van der Waals surface area contributed by atoms with Gasteiger partial charge in [0.2, 0.25) is 5.88 Å². The normalized spacial score (nSPS) is 10.2. The van der Waals surface area contributed by atoms with E-state index >= 15 is 0 Å². The molecule has 1 aromatic rings. The van der Waals surface area contributed by atoms with Crippen molar-refractivity contribution in [3.05, 3.63) is 6.07 Å². The molecule has 0 saturated heterocycles. The minimum Gasteiger partial charge on any atom is -0.478 e. The Balaban J connectivity index is 2.69. The van der Waals surface area contributed by atoms with Crippen LogP contribution in [0.5, 0.6) is 5.88 Å². The maximum absolute atomic E-state index is 5.57. The van der Waals surface area contributed by atoms with Gasteiger partial charge in [-0.05, 0) is 19.6 Å². The maximum Gasteiger partial charge on any atom is 0.219 e. The van der Waals surface area contributed by atoms with Crippen LogP contribution in [0.25, 0.3) is 0 Å². The molecular weight excluding hydrogens is 222 g/mol. The van der Waals surface area contributed by atoms with Gasteiger partial charge in [0, 0.05) is 12.6 Å². The van der Waals surface area contributed by atoms with Crippen LogP contribution in [0.2, 0.25) is 0 Å². The Bertz CT molecular complexity index is 320. The third-order valence-corrected chi connectivity index (χ3v) is 2.52. The van der Waals surface area contributed by atoms with Gasteiger partial charge in [0.15, 0.2) is 5.16 Å². The molecule has 16 heavy (non-hydrogen) atoms. The number of ether oxygens (including phenoxy) is 1. The van der Waals surface area contributed by atoms with Gasteiger partial charge >= 0.3 is 0 Å². The Morgan fingerprint density at radius 1 is 1.38 bits per heavy atom. The van der Waals surface area contributed by atoms with Gasteiger partial charge in [-0.2, -0.15) is 4.98 Å². The van der Waals surface area contributed by atoms with Gasteiger partial charge in [-0.1, -0.05) is 25.1 Å². The molecule has 0 aliphatic heterocycles. The fraction of sp³-hybridized carbons (Fsp3) is 0.636. The first-order valence-corrected chi connectivity index (χ1v) is 6.82. The molecule has 0 aliphatic rings. The van der Waals surface area contributed by atoms with Gasteiger partial charge in [-0.3, -0.25) is 0 Å². The second-order valence-electron chi connectivity index (χ2n) is 3.31. The zero-order valence-corrected chi connectivity index (χ0v) is 10.9. The van der Waals surface area contributed by atoms with Gasteiger partial charge in [0.1, 0.15) is 5.82 Å². The largest absolute Gasteiger partial charge is 0.478 e. The van der Waals surface area contributed by atoms with Crippen LogP contribution in [0.4, 0.5) is 5.82 Å². The number of aromatic nitrogens is 2. The number of rotatable bonds is 7. The van der Waals surface area contributed by atoms with Crippen molar-refractivity contribution in [2.75, 3.05) is 24.7 Å². The fourth-order valence-corrected chi connectivity index (χ4v) is 1.53. The van der Waals surface area contributed by atoms with E-state index in [1.165, 1.54) is 11.8 Å². The third-order valence-electron chi connectivity index (χ3n) is 1.97. The van der Waals surface area contributed by atoms with Crippen molar-refractivity contribution in [2.45, 2.75) is 31.8 Å². The monoisotopic (exact) mass is 241 g/mol. The van der Waals surface area contributed by atoms with Crippen molar-refractivity contribution in [2.24, 2.45) is 0 Å². The van der Waals surface area contributed by atoms with Crippen LogP contribution in [0.3, 0.4) is 0 Å². The van der Waals surface area contributed by atoms with Crippen molar-refractivity contribution in [3.63, 3.8) is 0 Å². The van der Waals surface area contributed by atoms with E-state index in [-0.39, 0.29) is 0 Å². The first-order chi connectivity index (χ1) is 7.80. The highest BCUT2D eigenvalue weighted by Crippen LogP contribution is 2.18. The Labute approximate surface area is 101 Å². The van der Waals surface area contributed by atoms with Crippen molar-refractivity contribution in [1.29, 1.82) is 0 Å². The summed E-state index contributed by atoms with van der Waals surface area (Å²) in [4.78, 5) is 8.63. The zero-order chi connectivity index (χ0) is 11.8. The fourth-order valence-electron chi connectivity index (χ4n) is 1.16. The minimum atomic E-state index is 0.656. The Kier molecular flexibility index (Phi) is 6.00. The van der Waals surface area contributed by atoms with Crippen LogP contribution in [0, 0.1) is 0 Å². The van der Waals surface area contributed by atoms with Crippen molar-refractivity contribution in [1.82, 2.24) is 9.97 Å². The minimum absolute atomic E-state index is 0.656. The van der Waals surface area contributed by atoms with Crippen LogP contribution in [0.1, 0.15) is 26.7 Å². The van der Waals surface area contributed by atoms with E-state index in [1.54, 1.807) is 0 Å². The molecular formula is C11H19N3OS. The zero-order valence-electron chi connectivity index (χ0n) is 10.1. The van der Waals surface area contributed by atoms with E-state index in [4.69, 9.17) is 4.74 Å². The highest BCUT2D eigenvalue weighted by molar-refractivity contribution is 7.98. The van der Waals surface area contributed by atoms with Crippen LogP contribution in [0.15, 0.2) is 11.2 Å². The van der Waals surface area contributed by atoms with Crippen LogP contribution in [-0.2, 0) is 0 Å². The first kappa shape index (κ1) is 13.1. The summed E-state index contributed by atoms with van der Waals surface area (Å²) in [7, 11) is 0. The lowest BCUT2D eigenvalue weighted by molar-refractivity contribution is 0.295. The summed E-state index contributed by atoms with van der Waals surface area (Å²) in [6, 6.07) is 1.85. The molecule has 4 nitrogen and oxygen atoms in total. The Morgan fingerprint density at radius 2 is 2.19 bits per heavy atom. The Morgan fingerprint density at radius 3 is 2.81 bits per heavy atom. The molecule has 0 spiro atoms. The quantitative estimate of drug-likeness (QED) is 0.452. The summed E-state index contributed by atoms with van der Waals surface area (Å²) >= 11 is 1.52. The SMILES string of the molecule is CCCCOc1cc(NCC)nc(SC)n1. The van der Waals surface area contributed by atoms with Gasteiger partial charge in [0.25, 0.3) is 0 Å². The first-order valence-electron chi connectivity index (χ1n) is 5.59.